The Kier molecular flexibility index (Phi) is 4.63. The Hall–Kier alpha value is -1.42. The van der Waals surface area contributed by atoms with Crippen molar-refractivity contribution in [2.75, 3.05) is 0 Å². The highest BCUT2D eigenvalue weighted by molar-refractivity contribution is 6.33. The van der Waals surface area contributed by atoms with E-state index in [-0.39, 0.29) is 16.3 Å². The molecule has 0 radical (unpaired) electrons. The average Bonchev–Trinajstić information content (AvgIpc) is 2.24. The van der Waals surface area contributed by atoms with Gasteiger partial charge in [-0.1, -0.05) is 31.4 Å². The first kappa shape index (κ1) is 13.6. The maximum absolute atomic E-state index is 11.0. The summed E-state index contributed by atoms with van der Waals surface area (Å²) in [6.45, 7) is 2.03. The summed E-state index contributed by atoms with van der Waals surface area (Å²) in [5.41, 5.74) is 0.0778. The summed E-state index contributed by atoms with van der Waals surface area (Å²) < 4.78 is 0. The van der Waals surface area contributed by atoms with Crippen molar-refractivity contribution in [1.29, 1.82) is 0 Å². The van der Waals surface area contributed by atoms with Crippen LogP contribution in [0.2, 0.25) is 5.02 Å². The second-order valence-corrected chi connectivity index (χ2v) is 4.22. The van der Waals surface area contributed by atoms with Crippen LogP contribution < -0.4 is 0 Å². The Bertz CT molecular complexity index is 429. The van der Waals surface area contributed by atoms with Crippen LogP contribution in [0.3, 0.4) is 0 Å². The van der Waals surface area contributed by atoms with Gasteiger partial charge in [0, 0.05) is 6.07 Å². The Balaban J connectivity index is 3.18. The molecule has 0 aliphatic carbocycles. The summed E-state index contributed by atoms with van der Waals surface area (Å²) in [5, 5.41) is 28.0. The van der Waals surface area contributed by atoms with Crippen LogP contribution in [0.4, 0.5) is 0 Å². The average molecular weight is 259 g/mol. The van der Waals surface area contributed by atoms with E-state index in [1.165, 1.54) is 0 Å². The molecule has 0 aliphatic heterocycles. The fraction of sp³-hybridized carbons (Fsp3) is 0.417. The molecule has 4 nitrogen and oxygen atoms in total. The number of hydrogen-bond donors (Lipinski definition) is 3. The molecule has 0 saturated carbocycles. The van der Waals surface area contributed by atoms with Gasteiger partial charge in [-0.25, -0.2) is 4.79 Å². The number of aromatic hydroxyl groups is 2. The molecule has 0 aromatic heterocycles. The second-order valence-electron chi connectivity index (χ2n) is 3.84. The van der Waals surface area contributed by atoms with E-state index in [0.717, 1.165) is 25.3 Å². The van der Waals surface area contributed by atoms with Gasteiger partial charge in [-0.05, 0) is 18.4 Å². The Morgan fingerprint density at radius 2 is 1.94 bits per heavy atom. The first-order valence-electron chi connectivity index (χ1n) is 5.45. The van der Waals surface area contributed by atoms with Crippen molar-refractivity contribution in [2.45, 2.75) is 32.6 Å². The molecule has 0 atom stereocenters. The lowest BCUT2D eigenvalue weighted by Crippen LogP contribution is -2.04. The van der Waals surface area contributed by atoms with Crippen LogP contribution in [0.5, 0.6) is 11.5 Å². The number of carboxylic acids is 1. The minimum absolute atomic E-state index is 0.0105. The monoisotopic (exact) mass is 258 g/mol. The number of carbonyl (C=O) groups is 1. The number of carboxylic acid groups (broad SMARTS) is 1. The van der Waals surface area contributed by atoms with Crippen LogP contribution in [0.15, 0.2) is 6.07 Å². The lowest BCUT2D eigenvalue weighted by atomic mass is 10.00. The zero-order valence-electron chi connectivity index (χ0n) is 9.53. The zero-order valence-corrected chi connectivity index (χ0v) is 10.3. The van der Waals surface area contributed by atoms with Gasteiger partial charge in [-0.2, -0.15) is 0 Å². The Morgan fingerprint density at radius 1 is 1.29 bits per heavy atom. The van der Waals surface area contributed by atoms with Crippen molar-refractivity contribution in [3.8, 4) is 11.5 Å². The fourth-order valence-corrected chi connectivity index (χ4v) is 1.95. The van der Waals surface area contributed by atoms with Gasteiger partial charge in [0.2, 0.25) is 0 Å². The van der Waals surface area contributed by atoms with Crippen LogP contribution >= 0.6 is 11.6 Å². The van der Waals surface area contributed by atoms with E-state index in [4.69, 9.17) is 16.7 Å². The third kappa shape index (κ3) is 3.03. The molecule has 5 heteroatoms. The van der Waals surface area contributed by atoms with E-state index >= 15 is 0 Å². The maximum Gasteiger partial charge on any atom is 0.339 e. The van der Waals surface area contributed by atoms with Gasteiger partial charge >= 0.3 is 5.97 Å². The molecule has 0 bridgehead atoms. The van der Waals surface area contributed by atoms with Crippen LogP contribution in [0.1, 0.15) is 42.1 Å². The fourth-order valence-electron chi connectivity index (χ4n) is 1.71. The summed E-state index contributed by atoms with van der Waals surface area (Å²) in [6.07, 6.45) is 3.12. The summed E-state index contributed by atoms with van der Waals surface area (Å²) in [6, 6.07) is 0.953. The molecule has 17 heavy (non-hydrogen) atoms. The summed E-state index contributed by atoms with van der Waals surface area (Å²) in [4.78, 5) is 11.0. The molecule has 0 spiro atoms. The van der Waals surface area contributed by atoms with E-state index in [9.17, 15) is 15.0 Å². The predicted octanol–water partition coefficient (Wildman–Crippen LogP) is 3.18. The number of aromatic carboxylic acids is 1. The van der Waals surface area contributed by atoms with Crippen LogP contribution in [0.25, 0.3) is 0 Å². The number of halogens is 1. The Morgan fingerprint density at radius 3 is 2.47 bits per heavy atom. The van der Waals surface area contributed by atoms with Gasteiger partial charge in [-0.15, -0.1) is 0 Å². The molecule has 1 rings (SSSR count). The first-order valence-corrected chi connectivity index (χ1v) is 5.83. The topological polar surface area (TPSA) is 77.8 Å². The SMILES string of the molecule is CCCCCc1c(Cl)c(O)cc(O)c1C(=O)O. The first-order chi connectivity index (χ1) is 7.99. The second kappa shape index (κ2) is 5.77. The van der Waals surface area contributed by atoms with E-state index in [1.54, 1.807) is 0 Å². The van der Waals surface area contributed by atoms with E-state index in [2.05, 4.69) is 0 Å². The van der Waals surface area contributed by atoms with Gasteiger partial charge in [0.05, 0.1) is 5.02 Å². The maximum atomic E-state index is 11.0. The van der Waals surface area contributed by atoms with E-state index in [1.807, 2.05) is 6.92 Å². The number of benzene rings is 1. The molecule has 0 unspecified atom stereocenters. The van der Waals surface area contributed by atoms with Crippen LogP contribution in [-0.4, -0.2) is 21.3 Å². The largest absolute Gasteiger partial charge is 0.507 e. The van der Waals surface area contributed by atoms with Crippen molar-refractivity contribution >= 4 is 17.6 Å². The van der Waals surface area contributed by atoms with Crippen LogP contribution in [0, 0.1) is 0 Å². The summed E-state index contributed by atoms with van der Waals surface area (Å²) >= 11 is 5.87. The molecule has 1 aromatic carbocycles. The molecular formula is C12H15ClO4. The molecule has 1 aromatic rings. The quantitative estimate of drug-likeness (QED) is 0.709. The third-order valence-corrected chi connectivity index (χ3v) is 2.99. The molecule has 0 heterocycles. The molecule has 0 aliphatic rings. The van der Waals surface area contributed by atoms with E-state index < -0.39 is 11.7 Å². The Labute approximate surface area is 104 Å². The number of rotatable bonds is 5. The summed E-state index contributed by atoms with van der Waals surface area (Å²) in [7, 11) is 0. The minimum atomic E-state index is -1.24. The van der Waals surface area contributed by atoms with Crippen molar-refractivity contribution in [3.05, 3.63) is 22.2 Å². The van der Waals surface area contributed by atoms with Crippen molar-refractivity contribution < 1.29 is 20.1 Å². The molecular weight excluding hydrogens is 244 g/mol. The van der Waals surface area contributed by atoms with Gasteiger partial charge in [0.1, 0.15) is 17.1 Å². The molecule has 0 fully saturated rings. The molecule has 3 N–H and O–H groups in total. The molecule has 0 saturated heterocycles. The smallest absolute Gasteiger partial charge is 0.339 e. The number of unbranched alkanes of at least 4 members (excludes halogenated alkanes) is 2. The van der Waals surface area contributed by atoms with Gasteiger partial charge in [0.25, 0.3) is 0 Å². The van der Waals surface area contributed by atoms with Gasteiger partial charge in [0.15, 0.2) is 0 Å². The lowest BCUT2D eigenvalue weighted by Gasteiger charge is -2.11. The minimum Gasteiger partial charge on any atom is -0.507 e. The highest BCUT2D eigenvalue weighted by atomic mass is 35.5. The van der Waals surface area contributed by atoms with Gasteiger partial charge in [-0.3, -0.25) is 0 Å². The molecule has 0 amide bonds. The van der Waals surface area contributed by atoms with Gasteiger partial charge < -0.3 is 15.3 Å². The normalized spacial score (nSPS) is 10.5. The number of phenols is 2. The van der Waals surface area contributed by atoms with Crippen LogP contribution in [-0.2, 0) is 6.42 Å². The standard InChI is InChI=1S/C12H15ClO4/c1-2-3-4-5-7-10(12(16)17)8(14)6-9(15)11(7)13/h6,14-15H,2-5H2,1H3,(H,16,17). The number of hydrogen-bond acceptors (Lipinski definition) is 3. The van der Waals surface area contributed by atoms with Crippen molar-refractivity contribution in [2.24, 2.45) is 0 Å². The number of phenolic OH excluding ortho intramolecular Hbond substituents is 1. The third-order valence-electron chi connectivity index (χ3n) is 2.57. The lowest BCUT2D eigenvalue weighted by molar-refractivity contribution is 0.0692. The van der Waals surface area contributed by atoms with E-state index in [0.29, 0.717) is 12.0 Å². The predicted molar refractivity (Wildman–Crippen MR) is 65.0 cm³/mol. The molecule has 94 valence electrons. The zero-order chi connectivity index (χ0) is 13.0. The van der Waals surface area contributed by atoms with Crippen molar-refractivity contribution in [3.63, 3.8) is 0 Å². The highest BCUT2D eigenvalue weighted by Crippen LogP contribution is 2.36. The highest BCUT2D eigenvalue weighted by Gasteiger charge is 2.21. The summed E-state index contributed by atoms with van der Waals surface area (Å²) in [5.74, 6) is -1.98. The van der Waals surface area contributed by atoms with Crippen molar-refractivity contribution in [1.82, 2.24) is 0 Å².